The molecule has 0 saturated carbocycles. The maximum atomic E-state index is 6.08. The van der Waals surface area contributed by atoms with E-state index in [1.165, 1.54) is 30.4 Å². The second-order valence-corrected chi connectivity index (χ2v) is 6.29. The molecule has 1 N–H and O–H groups in total. The molecule has 1 aromatic heterocycles. The lowest BCUT2D eigenvalue weighted by molar-refractivity contribution is 0.311. The fraction of sp³-hybridized carbons (Fsp3) is 0.444. The van der Waals surface area contributed by atoms with Crippen LogP contribution in [0.4, 0.5) is 0 Å². The van der Waals surface area contributed by atoms with E-state index in [1.54, 1.807) is 0 Å². The monoisotopic (exact) mass is 295 g/mol. The highest BCUT2D eigenvalue weighted by atomic mass is 16.5. The van der Waals surface area contributed by atoms with E-state index in [-0.39, 0.29) is 0 Å². The maximum absolute atomic E-state index is 6.08. The minimum Gasteiger partial charge on any atom is -0.437 e. The average Bonchev–Trinajstić information content (AvgIpc) is 2.57. The zero-order chi connectivity index (χ0) is 14.9. The number of hydrogen-bond acceptors (Lipinski definition) is 4. The first-order chi connectivity index (χ1) is 10.8. The molecule has 114 valence electrons. The van der Waals surface area contributed by atoms with Crippen molar-refractivity contribution in [1.82, 2.24) is 15.5 Å². The van der Waals surface area contributed by atoms with E-state index in [9.17, 15) is 0 Å². The molecule has 2 heterocycles. The lowest BCUT2D eigenvalue weighted by atomic mass is 9.75. The molecule has 2 aliphatic rings. The Labute approximate surface area is 130 Å². The Bertz CT molecular complexity index is 669. The summed E-state index contributed by atoms with van der Waals surface area (Å²) in [6, 6.07) is 10.8. The molecule has 22 heavy (non-hydrogen) atoms. The summed E-state index contributed by atoms with van der Waals surface area (Å²) in [7, 11) is 0. The highest BCUT2D eigenvalue weighted by Gasteiger charge is 2.33. The van der Waals surface area contributed by atoms with E-state index >= 15 is 0 Å². The quantitative estimate of drug-likeness (QED) is 0.923. The maximum Gasteiger partial charge on any atom is 0.238 e. The number of aryl methyl sites for hydroxylation is 2. The van der Waals surface area contributed by atoms with Crippen molar-refractivity contribution in [2.75, 3.05) is 6.54 Å². The summed E-state index contributed by atoms with van der Waals surface area (Å²) in [4.78, 5) is 0. The van der Waals surface area contributed by atoms with Gasteiger partial charge < -0.3 is 10.1 Å². The molecule has 2 unspecified atom stereocenters. The van der Waals surface area contributed by atoms with E-state index in [1.807, 2.05) is 19.1 Å². The smallest absolute Gasteiger partial charge is 0.238 e. The highest BCUT2D eigenvalue weighted by molar-refractivity contribution is 5.47. The van der Waals surface area contributed by atoms with E-state index in [2.05, 4.69) is 33.7 Å². The third-order valence-electron chi connectivity index (χ3n) is 4.82. The van der Waals surface area contributed by atoms with Crippen molar-refractivity contribution in [2.24, 2.45) is 0 Å². The molecule has 1 aromatic carbocycles. The summed E-state index contributed by atoms with van der Waals surface area (Å²) < 4.78 is 6.08. The summed E-state index contributed by atoms with van der Waals surface area (Å²) in [6.45, 7) is 3.07. The van der Waals surface area contributed by atoms with E-state index < -0.39 is 0 Å². The SMILES string of the molecule is Cc1ccc(Oc2cccc3c2C2CCCNC2CC3)nn1. The van der Waals surface area contributed by atoms with Crippen LogP contribution in [-0.2, 0) is 6.42 Å². The number of ether oxygens (including phenoxy) is 1. The number of piperidine rings is 1. The molecule has 0 radical (unpaired) electrons. The summed E-state index contributed by atoms with van der Waals surface area (Å²) >= 11 is 0. The van der Waals surface area contributed by atoms with Gasteiger partial charge in [0.1, 0.15) is 5.75 Å². The average molecular weight is 295 g/mol. The van der Waals surface area contributed by atoms with E-state index in [4.69, 9.17) is 4.74 Å². The first kappa shape index (κ1) is 13.7. The van der Waals surface area contributed by atoms with Crippen molar-refractivity contribution < 1.29 is 4.74 Å². The Kier molecular flexibility index (Phi) is 3.54. The van der Waals surface area contributed by atoms with Crippen LogP contribution in [0, 0.1) is 6.92 Å². The molecule has 4 heteroatoms. The Balaban J connectivity index is 1.70. The van der Waals surface area contributed by atoms with Crippen LogP contribution >= 0.6 is 0 Å². The zero-order valence-electron chi connectivity index (χ0n) is 12.9. The fourth-order valence-electron chi connectivity index (χ4n) is 3.78. The van der Waals surface area contributed by atoms with Crippen molar-refractivity contribution in [1.29, 1.82) is 0 Å². The van der Waals surface area contributed by atoms with Crippen molar-refractivity contribution in [3.05, 3.63) is 47.2 Å². The molecule has 1 aliphatic carbocycles. The topological polar surface area (TPSA) is 47.0 Å². The Morgan fingerprint density at radius 1 is 1.14 bits per heavy atom. The van der Waals surface area contributed by atoms with Crippen molar-refractivity contribution >= 4 is 0 Å². The number of aromatic nitrogens is 2. The van der Waals surface area contributed by atoms with Gasteiger partial charge >= 0.3 is 0 Å². The number of nitrogens with zero attached hydrogens (tertiary/aromatic N) is 2. The molecular weight excluding hydrogens is 274 g/mol. The van der Waals surface area contributed by atoms with Crippen LogP contribution in [0.15, 0.2) is 30.3 Å². The number of fused-ring (bicyclic) bond motifs is 3. The molecule has 0 spiro atoms. The van der Waals surface area contributed by atoms with Gasteiger partial charge in [0, 0.05) is 23.6 Å². The van der Waals surface area contributed by atoms with Gasteiger partial charge in [0.2, 0.25) is 5.88 Å². The molecule has 4 rings (SSSR count). The van der Waals surface area contributed by atoms with Gasteiger partial charge in [-0.3, -0.25) is 0 Å². The van der Waals surface area contributed by atoms with Gasteiger partial charge in [-0.25, -0.2) is 0 Å². The number of benzene rings is 1. The largest absolute Gasteiger partial charge is 0.437 e. The lowest BCUT2D eigenvalue weighted by Gasteiger charge is -2.38. The van der Waals surface area contributed by atoms with Crippen molar-refractivity contribution in [2.45, 2.75) is 44.6 Å². The first-order valence-electron chi connectivity index (χ1n) is 8.14. The van der Waals surface area contributed by atoms with Gasteiger partial charge in [-0.2, -0.15) is 5.10 Å². The van der Waals surface area contributed by atoms with Gasteiger partial charge in [0.15, 0.2) is 0 Å². The highest BCUT2D eigenvalue weighted by Crippen LogP contribution is 2.42. The second kappa shape index (κ2) is 5.69. The van der Waals surface area contributed by atoms with Crippen LogP contribution in [0.1, 0.15) is 42.0 Å². The van der Waals surface area contributed by atoms with E-state index in [0.717, 1.165) is 24.4 Å². The second-order valence-electron chi connectivity index (χ2n) is 6.29. The summed E-state index contributed by atoms with van der Waals surface area (Å²) in [5.74, 6) is 2.09. The van der Waals surface area contributed by atoms with Crippen LogP contribution in [0.2, 0.25) is 0 Å². The molecular formula is C18H21N3O. The van der Waals surface area contributed by atoms with E-state index in [0.29, 0.717) is 17.8 Å². The van der Waals surface area contributed by atoms with Crippen LogP contribution in [-0.4, -0.2) is 22.8 Å². The standard InChI is InChI=1S/C18H21N3O/c1-12-7-10-17(21-20-12)22-16-6-2-4-13-8-9-15-14(18(13)16)5-3-11-19-15/h2,4,6-7,10,14-15,19H,3,5,8-9,11H2,1H3. The Hall–Kier alpha value is -1.94. The van der Waals surface area contributed by atoms with Gasteiger partial charge in [-0.05, 0) is 56.8 Å². The van der Waals surface area contributed by atoms with Crippen LogP contribution in [0.3, 0.4) is 0 Å². The molecule has 1 saturated heterocycles. The van der Waals surface area contributed by atoms with Crippen LogP contribution in [0.25, 0.3) is 0 Å². The minimum atomic E-state index is 0.562. The summed E-state index contributed by atoms with van der Waals surface area (Å²) in [6.07, 6.45) is 4.83. The molecule has 2 aromatic rings. The number of hydrogen-bond donors (Lipinski definition) is 1. The predicted molar refractivity (Wildman–Crippen MR) is 85.4 cm³/mol. The summed E-state index contributed by atoms with van der Waals surface area (Å²) in [5.41, 5.74) is 3.72. The molecule has 1 fully saturated rings. The lowest BCUT2D eigenvalue weighted by Crippen LogP contribution is -2.42. The van der Waals surface area contributed by atoms with Gasteiger partial charge in [-0.1, -0.05) is 12.1 Å². The molecule has 2 atom stereocenters. The minimum absolute atomic E-state index is 0.562. The van der Waals surface area contributed by atoms with Crippen LogP contribution < -0.4 is 10.1 Å². The van der Waals surface area contributed by atoms with Gasteiger partial charge in [0.25, 0.3) is 0 Å². The van der Waals surface area contributed by atoms with Crippen molar-refractivity contribution in [3.8, 4) is 11.6 Å². The van der Waals surface area contributed by atoms with Crippen LogP contribution in [0.5, 0.6) is 11.6 Å². The van der Waals surface area contributed by atoms with Gasteiger partial charge in [-0.15, -0.1) is 5.10 Å². The third kappa shape index (κ3) is 2.48. The molecule has 1 aliphatic heterocycles. The summed E-state index contributed by atoms with van der Waals surface area (Å²) in [5, 5.41) is 11.9. The number of nitrogens with one attached hydrogen (secondary N) is 1. The molecule has 0 amide bonds. The number of rotatable bonds is 2. The fourth-order valence-corrected chi connectivity index (χ4v) is 3.78. The Morgan fingerprint density at radius 2 is 2.09 bits per heavy atom. The first-order valence-corrected chi connectivity index (χ1v) is 8.14. The predicted octanol–water partition coefficient (Wildman–Crippen LogP) is 3.36. The Morgan fingerprint density at radius 3 is 2.95 bits per heavy atom. The van der Waals surface area contributed by atoms with Gasteiger partial charge in [0.05, 0.1) is 5.69 Å². The zero-order valence-corrected chi connectivity index (χ0v) is 12.9. The molecule has 4 nitrogen and oxygen atoms in total. The molecule has 0 bridgehead atoms. The van der Waals surface area contributed by atoms with Crippen molar-refractivity contribution in [3.63, 3.8) is 0 Å². The third-order valence-corrected chi connectivity index (χ3v) is 4.82. The normalized spacial score (nSPS) is 23.5.